The average molecular weight is 455 g/mol. The summed E-state index contributed by atoms with van der Waals surface area (Å²) >= 11 is 0. The fourth-order valence-electron chi connectivity index (χ4n) is 3.33. The van der Waals surface area contributed by atoms with Crippen LogP contribution in [0.15, 0.2) is 67.6 Å². The van der Waals surface area contributed by atoms with Gasteiger partial charge in [0.05, 0.1) is 27.7 Å². The number of aryl methyl sites for hydroxylation is 1. The van der Waals surface area contributed by atoms with Crippen molar-refractivity contribution in [3.8, 4) is 11.3 Å². The van der Waals surface area contributed by atoms with Gasteiger partial charge in [0.15, 0.2) is 5.65 Å². The number of nitrogen functional groups attached to an aromatic ring is 1. The number of hydrogen-bond acceptors (Lipinski definition) is 8. The van der Waals surface area contributed by atoms with Gasteiger partial charge in [0, 0.05) is 14.1 Å². The molecule has 0 atom stereocenters. The number of amides is 1. The van der Waals surface area contributed by atoms with E-state index in [2.05, 4.69) is 4.98 Å². The van der Waals surface area contributed by atoms with Crippen LogP contribution >= 0.6 is 0 Å². The number of furan rings is 1. The first-order valence-corrected chi connectivity index (χ1v) is 10.7. The van der Waals surface area contributed by atoms with E-state index in [1.807, 2.05) is 4.72 Å². The first kappa shape index (κ1) is 21.1. The van der Waals surface area contributed by atoms with Crippen molar-refractivity contribution >= 4 is 32.8 Å². The van der Waals surface area contributed by atoms with Crippen molar-refractivity contribution in [1.29, 1.82) is 0 Å². The van der Waals surface area contributed by atoms with E-state index in [0.717, 1.165) is 9.13 Å². The average Bonchev–Trinajstić information content (AvgIpc) is 3.30. The molecule has 0 fully saturated rings. The summed E-state index contributed by atoms with van der Waals surface area (Å²) in [6, 6.07) is 10.3. The van der Waals surface area contributed by atoms with Crippen molar-refractivity contribution in [3.63, 3.8) is 0 Å². The number of rotatable bonds is 4. The minimum Gasteiger partial charge on any atom is -0.464 e. The van der Waals surface area contributed by atoms with Crippen molar-refractivity contribution in [3.05, 3.63) is 75.1 Å². The topological polar surface area (TPSA) is 159 Å². The van der Waals surface area contributed by atoms with Crippen molar-refractivity contribution in [2.75, 3.05) is 5.73 Å². The minimum atomic E-state index is -4.25. The number of aromatic nitrogens is 3. The van der Waals surface area contributed by atoms with Gasteiger partial charge in [-0.1, -0.05) is 18.2 Å². The molecule has 0 saturated heterocycles. The molecular formula is C20H17N5O6S. The number of nitrogens with one attached hydrogen (secondary N) is 1. The highest BCUT2D eigenvalue weighted by Gasteiger charge is 2.29. The van der Waals surface area contributed by atoms with Gasteiger partial charge in [0.25, 0.3) is 21.5 Å². The molecule has 3 heterocycles. The molecule has 0 aliphatic heterocycles. The molecule has 0 radical (unpaired) electrons. The minimum absolute atomic E-state index is 0.0714. The Balaban J connectivity index is 2.03. The van der Waals surface area contributed by atoms with E-state index in [4.69, 9.17) is 10.2 Å². The van der Waals surface area contributed by atoms with E-state index < -0.39 is 27.2 Å². The Morgan fingerprint density at radius 2 is 1.75 bits per heavy atom. The van der Waals surface area contributed by atoms with Crippen LogP contribution in [0.4, 0.5) is 5.82 Å². The highest BCUT2D eigenvalue weighted by atomic mass is 32.2. The first-order chi connectivity index (χ1) is 15.1. The fourth-order valence-corrected chi connectivity index (χ4v) is 4.31. The Morgan fingerprint density at radius 3 is 2.38 bits per heavy atom. The van der Waals surface area contributed by atoms with Crippen LogP contribution in [0, 0.1) is 0 Å². The molecular weight excluding hydrogens is 438 g/mol. The maximum Gasteiger partial charge on any atom is 0.332 e. The van der Waals surface area contributed by atoms with E-state index in [1.54, 1.807) is 6.07 Å². The van der Waals surface area contributed by atoms with Gasteiger partial charge in [-0.05, 0) is 24.3 Å². The Bertz CT molecular complexity index is 1590. The molecule has 3 N–H and O–H groups in total. The van der Waals surface area contributed by atoms with Gasteiger partial charge in [-0.2, -0.15) is 0 Å². The van der Waals surface area contributed by atoms with Crippen molar-refractivity contribution in [2.45, 2.75) is 4.90 Å². The molecule has 11 nitrogen and oxygen atoms in total. The Labute approximate surface area is 180 Å². The maximum atomic E-state index is 13.1. The lowest BCUT2D eigenvalue weighted by atomic mass is 10.0. The zero-order valence-corrected chi connectivity index (χ0v) is 17.7. The number of sulfonamides is 1. The summed E-state index contributed by atoms with van der Waals surface area (Å²) in [4.78, 5) is 42.4. The molecule has 0 aliphatic carbocycles. The van der Waals surface area contributed by atoms with Gasteiger partial charge in [-0.15, -0.1) is 0 Å². The van der Waals surface area contributed by atoms with Crippen LogP contribution in [-0.4, -0.2) is 28.4 Å². The molecule has 164 valence electrons. The molecule has 4 rings (SSSR count). The van der Waals surface area contributed by atoms with Crippen LogP contribution in [-0.2, 0) is 24.1 Å². The number of nitrogens with two attached hydrogens (primary N) is 1. The second-order valence-corrected chi connectivity index (χ2v) is 8.56. The van der Waals surface area contributed by atoms with Crippen LogP contribution in [0.5, 0.6) is 0 Å². The van der Waals surface area contributed by atoms with E-state index in [1.165, 1.54) is 56.8 Å². The number of fused-ring (bicyclic) bond motifs is 1. The van der Waals surface area contributed by atoms with E-state index in [0.29, 0.717) is 0 Å². The molecule has 1 amide bonds. The number of hydrogen-bond donors (Lipinski definition) is 2. The van der Waals surface area contributed by atoms with Gasteiger partial charge in [0.2, 0.25) is 0 Å². The van der Waals surface area contributed by atoms with Gasteiger partial charge >= 0.3 is 5.69 Å². The largest absolute Gasteiger partial charge is 0.464 e. The van der Waals surface area contributed by atoms with Crippen LogP contribution in [0.3, 0.4) is 0 Å². The predicted molar refractivity (Wildman–Crippen MR) is 115 cm³/mol. The third-order valence-corrected chi connectivity index (χ3v) is 6.24. The molecule has 1 aromatic carbocycles. The number of carbonyl (C=O) groups excluding carboxylic acids is 1. The summed E-state index contributed by atoms with van der Waals surface area (Å²) in [6.07, 6.45) is 1.31. The lowest BCUT2D eigenvalue weighted by Gasteiger charge is -2.15. The van der Waals surface area contributed by atoms with E-state index in [9.17, 15) is 22.8 Å². The van der Waals surface area contributed by atoms with Crippen LogP contribution in [0.25, 0.3) is 22.4 Å². The zero-order valence-electron chi connectivity index (χ0n) is 16.9. The Kier molecular flexibility index (Phi) is 4.93. The summed E-state index contributed by atoms with van der Waals surface area (Å²) in [5.74, 6) is -1.42. The maximum absolute atomic E-state index is 13.1. The Morgan fingerprint density at radius 1 is 1.06 bits per heavy atom. The second kappa shape index (κ2) is 7.50. The molecule has 0 unspecified atom stereocenters. The molecule has 12 heteroatoms. The van der Waals surface area contributed by atoms with Crippen molar-refractivity contribution < 1.29 is 17.6 Å². The zero-order chi connectivity index (χ0) is 23.2. The molecule has 0 spiro atoms. The molecule has 4 aromatic rings. The van der Waals surface area contributed by atoms with Crippen molar-refractivity contribution in [2.24, 2.45) is 14.1 Å². The van der Waals surface area contributed by atoms with Gasteiger partial charge in [0.1, 0.15) is 11.6 Å². The fraction of sp³-hybridized carbons (Fsp3) is 0.100. The molecule has 0 aliphatic rings. The molecule has 3 aromatic heterocycles. The normalized spacial score (nSPS) is 11.6. The van der Waals surface area contributed by atoms with E-state index >= 15 is 0 Å². The third kappa shape index (κ3) is 3.26. The molecule has 32 heavy (non-hydrogen) atoms. The summed E-state index contributed by atoms with van der Waals surface area (Å²) in [6.45, 7) is 0. The lowest BCUT2D eigenvalue weighted by Crippen LogP contribution is -2.38. The monoisotopic (exact) mass is 455 g/mol. The molecule has 0 saturated carbocycles. The summed E-state index contributed by atoms with van der Waals surface area (Å²) in [5.41, 5.74) is 4.10. The first-order valence-electron chi connectivity index (χ1n) is 9.18. The quantitative estimate of drug-likeness (QED) is 0.452. The predicted octanol–water partition coefficient (Wildman–Crippen LogP) is 0.593. The standard InChI is InChI=1S/C20H17N5O6S/c1-24-17-15(19(27)25(2)20(24)28)13(12-9-6-10-31-12)14(16(21)22-17)18(26)23-32(29,30)11-7-4-3-5-8-11/h3-10H,1-2H3,(H2,21,22)(H,23,26). The summed E-state index contributed by atoms with van der Waals surface area (Å²) in [7, 11) is -1.59. The van der Waals surface area contributed by atoms with Crippen LogP contribution < -0.4 is 21.7 Å². The number of pyridine rings is 1. The number of carbonyl (C=O) groups is 1. The van der Waals surface area contributed by atoms with Crippen LogP contribution in [0.1, 0.15) is 10.4 Å². The molecule has 0 bridgehead atoms. The Hall–Kier alpha value is -4.19. The van der Waals surface area contributed by atoms with Gasteiger partial charge in [-0.3, -0.25) is 18.7 Å². The second-order valence-electron chi connectivity index (χ2n) is 6.88. The third-order valence-electron chi connectivity index (χ3n) is 4.89. The van der Waals surface area contributed by atoms with Gasteiger partial charge in [-0.25, -0.2) is 22.9 Å². The summed E-state index contributed by atoms with van der Waals surface area (Å²) < 4.78 is 34.7. The smallest absolute Gasteiger partial charge is 0.332 e. The number of nitrogens with zero attached hydrogens (tertiary/aromatic N) is 3. The van der Waals surface area contributed by atoms with Crippen molar-refractivity contribution in [1.82, 2.24) is 18.8 Å². The SMILES string of the molecule is Cn1c(=O)c2c(-c3ccco3)c(C(=O)NS(=O)(=O)c3ccccc3)c(N)nc2n(C)c1=O. The van der Waals surface area contributed by atoms with Gasteiger partial charge < -0.3 is 10.2 Å². The number of benzene rings is 1. The highest BCUT2D eigenvalue weighted by molar-refractivity contribution is 7.90. The van der Waals surface area contributed by atoms with Crippen LogP contribution in [0.2, 0.25) is 0 Å². The van der Waals surface area contributed by atoms with E-state index in [-0.39, 0.29) is 38.6 Å². The summed E-state index contributed by atoms with van der Waals surface area (Å²) in [5, 5.41) is -0.124. The highest BCUT2D eigenvalue weighted by Crippen LogP contribution is 2.32. The lowest BCUT2D eigenvalue weighted by molar-refractivity contribution is 0.0982. The number of anilines is 1.